The lowest BCUT2D eigenvalue weighted by atomic mass is 9.80. The van der Waals surface area contributed by atoms with Crippen molar-refractivity contribution in [2.75, 3.05) is 19.5 Å². The first-order chi connectivity index (χ1) is 15.3. The number of alkyl halides is 1. The number of hydrogen-bond acceptors (Lipinski definition) is 7. The van der Waals surface area contributed by atoms with Crippen molar-refractivity contribution in [3.8, 4) is 5.75 Å². The highest BCUT2D eigenvalue weighted by molar-refractivity contribution is 7.92. The lowest BCUT2D eigenvalue weighted by Gasteiger charge is -2.43. The first-order valence-electron chi connectivity index (χ1n) is 10.6. The predicted molar refractivity (Wildman–Crippen MR) is 116 cm³/mol. The summed E-state index contributed by atoms with van der Waals surface area (Å²) in [5.41, 5.74) is 3.90. The van der Waals surface area contributed by atoms with Gasteiger partial charge in [-0.25, -0.2) is 17.5 Å². The van der Waals surface area contributed by atoms with Gasteiger partial charge in [0.1, 0.15) is 29.0 Å². The van der Waals surface area contributed by atoms with Crippen molar-refractivity contribution in [3.63, 3.8) is 0 Å². The summed E-state index contributed by atoms with van der Waals surface area (Å²) in [6.45, 7) is 2.28. The van der Waals surface area contributed by atoms with E-state index < -0.39 is 21.3 Å². The van der Waals surface area contributed by atoms with Crippen LogP contribution in [0.15, 0.2) is 30.6 Å². The third-order valence-corrected chi connectivity index (χ3v) is 8.69. The van der Waals surface area contributed by atoms with E-state index >= 15 is 0 Å². The van der Waals surface area contributed by atoms with Crippen LogP contribution in [0.4, 0.5) is 4.39 Å². The van der Waals surface area contributed by atoms with Crippen molar-refractivity contribution >= 4 is 20.7 Å². The number of aromatic nitrogens is 4. The van der Waals surface area contributed by atoms with Crippen LogP contribution in [-0.2, 0) is 27.6 Å². The normalized spacial score (nSPS) is 24.0. The van der Waals surface area contributed by atoms with Crippen LogP contribution >= 0.6 is 0 Å². The molecule has 2 aromatic heterocycles. The number of nitrogens with zero attached hydrogens (tertiary/aromatic N) is 4. The van der Waals surface area contributed by atoms with E-state index in [0.29, 0.717) is 24.7 Å². The molecular weight excluding hydrogens is 435 g/mol. The highest BCUT2D eigenvalue weighted by Gasteiger charge is 2.53. The molecule has 1 aromatic carbocycles. The molecule has 8 nitrogen and oxygen atoms in total. The van der Waals surface area contributed by atoms with Gasteiger partial charge >= 0.3 is 0 Å². The summed E-state index contributed by atoms with van der Waals surface area (Å²) in [6.07, 6.45) is 5.60. The zero-order valence-electron chi connectivity index (χ0n) is 18.0. The standard InChI is InChI=1S/C22H25FN4O4S/c1-14(21-11-27(26-25-21)16-8-22(9-16,13-23)32(2,28)29)31-17-3-4-20-19(7-17)18-5-6-30-12-15(18)10-24-20/h3-4,7,10-11,14,16H,5-6,8-9,12-13H2,1-2H3/t14-,16?,22?/m1/s1. The van der Waals surface area contributed by atoms with Gasteiger partial charge in [0, 0.05) is 17.8 Å². The summed E-state index contributed by atoms with van der Waals surface area (Å²) < 4.78 is 49.2. The molecule has 0 N–H and O–H groups in total. The molecule has 0 unspecified atom stereocenters. The highest BCUT2D eigenvalue weighted by atomic mass is 32.2. The van der Waals surface area contributed by atoms with Crippen LogP contribution in [-0.4, -0.2) is 52.7 Å². The maximum Gasteiger partial charge on any atom is 0.155 e. The second-order valence-electron chi connectivity index (χ2n) is 8.78. The molecule has 1 fully saturated rings. The second kappa shape index (κ2) is 7.77. The van der Waals surface area contributed by atoms with E-state index in [4.69, 9.17) is 9.47 Å². The Morgan fingerprint density at radius 2 is 2.19 bits per heavy atom. The lowest BCUT2D eigenvalue weighted by molar-refractivity contribution is 0.111. The Morgan fingerprint density at radius 3 is 2.94 bits per heavy atom. The Bertz CT molecular complexity index is 1270. The topological polar surface area (TPSA) is 96.2 Å². The zero-order chi connectivity index (χ0) is 22.5. The molecule has 1 atom stereocenters. The van der Waals surface area contributed by atoms with Gasteiger partial charge in [-0.1, -0.05) is 5.21 Å². The van der Waals surface area contributed by atoms with Crippen LogP contribution in [0.3, 0.4) is 0 Å². The van der Waals surface area contributed by atoms with E-state index in [1.165, 1.54) is 5.56 Å². The Morgan fingerprint density at radius 1 is 1.38 bits per heavy atom. The summed E-state index contributed by atoms with van der Waals surface area (Å²) >= 11 is 0. The largest absolute Gasteiger partial charge is 0.484 e. The molecule has 0 amide bonds. The van der Waals surface area contributed by atoms with E-state index in [0.717, 1.165) is 29.1 Å². The van der Waals surface area contributed by atoms with Gasteiger partial charge in [0.05, 0.1) is 31.0 Å². The molecule has 5 rings (SSSR count). The monoisotopic (exact) mass is 460 g/mol. The fraction of sp³-hybridized carbons (Fsp3) is 0.500. The van der Waals surface area contributed by atoms with E-state index in [-0.39, 0.29) is 25.0 Å². The lowest BCUT2D eigenvalue weighted by Crippen LogP contribution is -2.52. The molecule has 0 bridgehead atoms. The van der Waals surface area contributed by atoms with Gasteiger partial charge in [0.15, 0.2) is 9.84 Å². The van der Waals surface area contributed by atoms with Gasteiger partial charge in [-0.3, -0.25) is 4.98 Å². The molecule has 0 saturated heterocycles. The fourth-order valence-electron chi connectivity index (χ4n) is 4.53. The van der Waals surface area contributed by atoms with E-state index in [1.54, 1.807) is 10.9 Å². The Kier molecular flexibility index (Phi) is 5.16. The zero-order valence-corrected chi connectivity index (χ0v) is 18.8. The average Bonchev–Trinajstić information content (AvgIpc) is 3.22. The van der Waals surface area contributed by atoms with Gasteiger partial charge in [0.2, 0.25) is 0 Å². The molecule has 0 spiro atoms. The molecular formula is C22H25FN4O4S. The molecule has 3 heterocycles. The highest BCUT2D eigenvalue weighted by Crippen LogP contribution is 2.46. The predicted octanol–water partition coefficient (Wildman–Crippen LogP) is 3.13. The van der Waals surface area contributed by atoms with Crippen LogP contribution in [0.25, 0.3) is 10.9 Å². The molecule has 1 aliphatic heterocycles. The van der Waals surface area contributed by atoms with Crippen LogP contribution in [0.2, 0.25) is 0 Å². The molecule has 0 radical (unpaired) electrons. The molecule has 1 saturated carbocycles. The van der Waals surface area contributed by atoms with Crippen LogP contribution in [0, 0.1) is 0 Å². The van der Waals surface area contributed by atoms with E-state index in [9.17, 15) is 12.8 Å². The number of halogens is 1. The summed E-state index contributed by atoms with van der Waals surface area (Å²) in [5.74, 6) is 0.707. The number of ether oxygens (including phenoxy) is 2. The minimum Gasteiger partial charge on any atom is -0.484 e. The van der Waals surface area contributed by atoms with Crippen molar-refractivity contribution in [2.24, 2.45) is 0 Å². The average molecular weight is 461 g/mol. The maximum absolute atomic E-state index is 13.4. The quantitative estimate of drug-likeness (QED) is 0.558. The molecule has 1 aliphatic carbocycles. The van der Waals surface area contributed by atoms with E-state index in [1.807, 2.05) is 31.3 Å². The molecule has 170 valence electrons. The van der Waals surface area contributed by atoms with Crippen LogP contribution < -0.4 is 4.74 Å². The second-order valence-corrected chi connectivity index (χ2v) is 11.2. The number of pyridine rings is 1. The summed E-state index contributed by atoms with van der Waals surface area (Å²) in [7, 11) is -3.47. The Balaban J connectivity index is 1.32. The van der Waals surface area contributed by atoms with Crippen molar-refractivity contribution in [1.29, 1.82) is 0 Å². The third kappa shape index (κ3) is 3.55. The SMILES string of the molecule is C[C@@H](Oc1ccc2ncc3c(c2c1)CCOC3)c1cn(C2CC(CF)(S(C)(=O)=O)C2)nn1. The number of fused-ring (bicyclic) bond motifs is 3. The molecule has 10 heteroatoms. The van der Waals surface area contributed by atoms with Crippen molar-refractivity contribution < 1.29 is 22.3 Å². The third-order valence-electron chi connectivity index (χ3n) is 6.67. The minimum atomic E-state index is -3.47. The molecule has 2 aliphatic rings. The van der Waals surface area contributed by atoms with Crippen molar-refractivity contribution in [3.05, 3.63) is 47.4 Å². The number of benzene rings is 1. The van der Waals surface area contributed by atoms with Gasteiger partial charge in [0.25, 0.3) is 0 Å². The smallest absolute Gasteiger partial charge is 0.155 e. The number of sulfone groups is 1. The molecule has 3 aromatic rings. The maximum atomic E-state index is 13.4. The van der Waals surface area contributed by atoms with Crippen LogP contribution in [0.5, 0.6) is 5.75 Å². The fourth-order valence-corrected chi connectivity index (χ4v) is 5.72. The molecule has 32 heavy (non-hydrogen) atoms. The van der Waals surface area contributed by atoms with Gasteiger partial charge in [-0.05, 0) is 55.5 Å². The summed E-state index contributed by atoms with van der Waals surface area (Å²) in [4.78, 5) is 4.52. The number of rotatable bonds is 6. The van der Waals surface area contributed by atoms with Crippen LogP contribution in [0.1, 0.15) is 48.7 Å². The van der Waals surface area contributed by atoms with Crippen molar-refractivity contribution in [1.82, 2.24) is 20.0 Å². The first-order valence-corrected chi connectivity index (χ1v) is 12.5. The first kappa shape index (κ1) is 21.3. The minimum absolute atomic E-state index is 0.186. The summed E-state index contributed by atoms with van der Waals surface area (Å²) in [5, 5.41) is 9.40. The van der Waals surface area contributed by atoms with Gasteiger partial charge < -0.3 is 9.47 Å². The van der Waals surface area contributed by atoms with Gasteiger partial charge in [-0.2, -0.15) is 0 Å². The Labute approximate surface area is 185 Å². The summed E-state index contributed by atoms with van der Waals surface area (Å²) in [6, 6.07) is 5.64. The Hall–Kier alpha value is -2.59. The number of hydrogen-bond donors (Lipinski definition) is 0. The van der Waals surface area contributed by atoms with E-state index in [2.05, 4.69) is 15.3 Å². The van der Waals surface area contributed by atoms with Crippen molar-refractivity contribution in [2.45, 2.75) is 49.7 Å². The van der Waals surface area contributed by atoms with Gasteiger partial charge in [-0.15, -0.1) is 5.10 Å².